The van der Waals surface area contributed by atoms with Gasteiger partial charge in [-0.15, -0.1) is 11.3 Å². The Morgan fingerprint density at radius 2 is 2.07 bits per heavy atom. The number of halogens is 1. The highest BCUT2D eigenvalue weighted by Crippen LogP contribution is 2.36. The van der Waals surface area contributed by atoms with Crippen LogP contribution in [0, 0.1) is 0 Å². The Bertz CT molecular complexity index is 974. The van der Waals surface area contributed by atoms with Crippen LogP contribution in [0.15, 0.2) is 52.5 Å². The molecular weight excluding hydrogens is 430 g/mol. The predicted molar refractivity (Wildman–Crippen MR) is 110 cm³/mol. The zero-order valence-electron chi connectivity index (χ0n) is 14.6. The molecule has 138 valence electrons. The number of nitrogens with zero attached hydrogens (tertiary/aromatic N) is 2. The summed E-state index contributed by atoms with van der Waals surface area (Å²) in [6.07, 6.45) is 4.84. The van der Waals surface area contributed by atoms with E-state index in [9.17, 15) is 4.79 Å². The third-order valence-corrected chi connectivity index (χ3v) is 4.89. The lowest BCUT2D eigenvalue weighted by Crippen LogP contribution is -2.07. The molecule has 0 bridgehead atoms. The van der Waals surface area contributed by atoms with Crippen molar-refractivity contribution < 1.29 is 14.3 Å². The van der Waals surface area contributed by atoms with Gasteiger partial charge in [0.1, 0.15) is 5.69 Å². The van der Waals surface area contributed by atoms with E-state index in [1.807, 2.05) is 29.6 Å². The molecule has 0 aliphatic rings. The Labute approximate surface area is 169 Å². The summed E-state index contributed by atoms with van der Waals surface area (Å²) in [6, 6.07) is 9.24. The van der Waals surface area contributed by atoms with Crippen LogP contribution in [0.4, 0.5) is 5.13 Å². The number of anilines is 1. The molecular formula is C19H16BrN3O3S. The molecule has 0 aliphatic heterocycles. The molecule has 6 nitrogen and oxygen atoms in total. The van der Waals surface area contributed by atoms with Crippen molar-refractivity contribution in [3.8, 4) is 22.9 Å². The Morgan fingerprint density at radius 1 is 1.22 bits per heavy atom. The number of nitrogens with one attached hydrogen (secondary N) is 1. The number of carbonyl (C=O) groups excluding carboxylic acids is 1. The van der Waals surface area contributed by atoms with E-state index in [0.29, 0.717) is 16.6 Å². The maximum atomic E-state index is 12.2. The second kappa shape index (κ2) is 8.79. The normalized spacial score (nSPS) is 10.8. The number of hydrogen-bond acceptors (Lipinski definition) is 6. The van der Waals surface area contributed by atoms with E-state index < -0.39 is 0 Å². The first-order chi connectivity index (χ1) is 13.1. The summed E-state index contributed by atoms with van der Waals surface area (Å²) in [5, 5.41) is 5.12. The lowest BCUT2D eigenvalue weighted by molar-refractivity contribution is -0.111. The summed E-state index contributed by atoms with van der Waals surface area (Å²) in [6.45, 7) is 0. The van der Waals surface area contributed by atoms with Gasteiger partial charge in [0.2, 0.25) is 5.91 Å². The van der Waals surface area contributed by atoms with Crippen LogP contribution in [0.5, 0.6) is 11.5 Å². The molecule has 0 unspecified atom stereocenters. The van der Waals surface area contributed by atoms with Gasteiger partial charge in [-0.3, -0.25) is 15.1 Å². The van der Waals surface area contributed by atoms with Gasteiger partial charge in [0.05, 0.1) is 24.4 Å². The summed E-state index contributed by atoms with van der Waals surface area (Å²) in [5.74, 6) is 0.902. The Hall–Kier alpha value is -2.71. The maximum Gasteiger partial charge on any atom is 0.250 e. The van der Waals surface area contributed by atoms with Crippen molar-refractivity contribution in [3.63, 3.8) is 0 Å². The van der Waals surface area contributed by atoms with E-state index in [0.717, 1.165) is 21.4 Å². The molecule has 2 aromatic heterocycles. The largest absolute Gasteiger partial charge is 0.493 e. The van der Waals surface area contributed by atoms with Crippen molar-refractivity contribution >= 4 is 44.4 Å². The van der Waals surface area contributed by atoms with Crippen molar-refractivity contribution in [1.82, 2.24) is 9.97 Å². The fourth-order valence-corrected chi connectivity index (χ4v) is 3.65. The molecule has 0 saturated heterocycles. The van der Waals surface area contributed by atoms with Crippen molar-refractivity contribution in [2.75, 3.05) is 19.5 Å². The number of ether oxygens (including phenoxy) is 2. The number of benzene rings is 1. The summed E-state index contributed by atoms with van der Waals surface area (Å²) < 4.78 is 11.3. The van der Waals surface area contributed by atoms with Gasteiger partial charge in [0.25, 0.3) is 0 Å². The highest BCUT2D eigenvalue weighted by Gasteiger charge is 2.10. The van der Waals surface area contributed by atoms with E-state index >= 15 is 0 Å². The van der Waals surface area contributed by atoms with Crippen LogP contribution in [0.25, 0.3) is 17.5 Å². The van der Waals surface area contributed by atoms with Gasteiger partial charge in [0, 0.05) is 17.7 Å². The SMILES string of the molecule is COc1cc(/C=C/C(=O)Nc2nc(-c3ccccn3)cs2)cc(Br)c1OC. The second-order valence-electron chi connectivity index (χ2n) is 5.31. The summed E-state index contributed by atoms with van der Waals surface area (Å²) >= 11 is 4.78. The zero-order chi connectivity index (χ0) is 19.2. The standard InChI is InChI=1S/C19H16BrN3O3S/c1-25-16-10-12(9-13(20)18(16)26-2)6-7-17(24)23-19-22-15(11-27-19)14-5-3-4-8-21-14/h3-11H,1-2H3,(H,22,23,24)/b7-6+. The van der Waals surface area contributed by atoms with Crippen LogP contribution < -0.4 is 14.8 Å². The molecule has 3 rings (SSSR count). The van der Waals surface area contributed by atoms with Crippen LogP contribution in [0.3, 0.4) is 0 Å². The molecule has 8 heteroatoms. The van der Waals surface area contributed by atoms with Gasteiger partial charge in [-0.1, -0.05) is 6.07 Å². The monoisotopic (exact) mass is 445 g/mol. The third-order valence-electron chi connectivity index (χ3n) is 3.54. The molecule has 0 radical (unpaired) electrons. The van der Waals surface area contributed by atoms with Crippen molar-refractivity contribution in [2.45, 2.75) is 0 Å². The van der Waals surface area contributed by atoms with Gasteiger partial charge in [-0.25, -0.2) is 4.98 Å². The number of methoxy groups -OCH3 is 2. The fourth-order valence-electron chi connectivity index (χ4n) is 2.32. The molecule has 0 spiro atoms. The Balaban J connectivity index is 1.69. The lowest BCUT2D eigenvalue weighted by Gasteiger charge is -2.10. The van der Waals surface area contributed by atoms with E-state index in [2.05, 4.69) is 31.2 Å². The first-order valence-corrected chi connectivity index (χ1v) is 9.55. The summed E-state index contributed by atoms with van der Waals surface area (Å²) in [4.78, 5) is 20.8. The zero-order valence-corrected chi connectivity index (χ0v) is 17.0. The summed E-state index contributed by atoms with van der Waals surface area (Å²) in [7, 11) is 3.13. The maximum absolute atomic E-state index is 12.2. The fraction of sp³-hybridized carbons (Fsp3) is 0.105. The average Bonchev–Trinajstić information content (AvgIpc) is 3.15. The van der Waals surface area contributed by atoms with Gasteiger partial charge in [-0.2, -0.15) is 0 Å². The van der Waals surface area contributed by atoms with E-state index in [-0.39, 0.29) is 5.91 Å². The molecule has 0 fully saturated rings. The van der Waals surface area contributed by atoms with Crippen LogP contribution in [0.1, 0.15) is 5.56 Å². The predicted octanol–water partition coefficient (Wildman–Crippen LogP) is 4.64. The minimum absolute atomic E-state index is 0.275. The number of amides is 1. The van der Waals surface area contributed by atoms with Crippen LogP contribution in [0.2, 0.25) is 0 Å². The average molecular weight is 446 g/mol. The Kier molecular flexibility index (Phi) is 6.20. The van der Waals surface area contributed by atoms with Crippen LogP contribution in [-0.2, 0) is 4.79 Å². The quantitative estimate of drug-likeness (QED) is 0.559. The van der Waals surface area contributed by atoms with Gasteiger partial charge in [-0.05, 0) is 51.8 Å². The topological polar surface area (TPSA) is 73.3 Å². The van der Waals surface area contributed by atoms with Gasteiger partial charge in [0.15, 0.2) is 16.6 Å². The number of rotatable bonds is 6. The highest BCUT2D eigenvalue weighted by molar-refractivity contribution is 9.10. The molecule has 2 heterocycles. The van der Waals surface area contributed by atoms with E-state index in [1.165, 1.54) is 17.4 Å². The minimum Gasteiger partial charge on any atom is -0.493 e. The molecule has 1 N–H and O–H groups in total. The third kappa shape index (κ3) is 4.72. The molecule has 0 atom stereocenters. The molecule has 1 aromatic carbocycles. The minimum atomic E-state index is -0.275. The van der Waals surface area contributed by atoms with E-state index in [1.54, 1.807) is 32.6 Å². The first kappa shape index (κ1) is 19.1. The number of hydrogen-bond donors (Lipinski definition) is 1. The molecule has 27 heavy (non-hydrogen) atoms. The Morgan fingerprint density at radius 3 is 2.78 bits per heavy atom. The summed E-state index contributed by atoms with van der Waals surface area (Å²) in [5.41, 5.74) is 2.28. The molecule has 0 saturated carbocycles. The smallest absolute Gasteiger partial charge is 0.250 e. The number of pyridine rings is 1. The first-order valence-electron chi connectivity index (χ1n) is 7.88. The van der Waals surface area contributed by atoms with E-state index in [4.69, 9.17) is 9.47 Å². The van der Waals surface area contributed by atoms with Gasteiger partial charge >= 0.3 is 0 Å². The highest BCUT2D eigenvalue weighted by atomic mass is 79.9. The second-order valence-corrected chi connectivity index (χ2v) is 7.03. The van der Waals surface area contributed by atoms with Crippen molar-refractivity contribution in [2.24, 2.45) is 0 Å². The van der Waals surface area contributed by atoms with Crippen molar-refractivity contribution in [3.05, 3.63) is 58.0 Å². The van der Waals surface area contributed by atoms with Crippen molar-refractivity contribution in [1.29, 1.82) is 0 Å². The lowest BCUT2D eigenvalue weighted by atomic mass is 10.2. The molecule has 1 amide bonds. The number of aromatic nitrogens is 2. The van der Waals surface area contributed by atoms with Gasteiger partial charge < -0.3 is 9.47 Å². The van der Waals surface area contributed by atoms with Crippen LogP contribution >= 0.6 is 27.3 Å². The molecule has 3 aromatic rings. The molecule has 0 aliphatic carbocycles. The number of thiazole rings is 1. The van der Waals surface area contributed by atoms with Crippen LogP contribution in [-0.4, -0.2) is 30.1 Å². The number of carbonyl (C=O) groups is 1.